The Kier molecular flexibility index (Phi) is 6.23. The molecule has 4 nitrogen and oxygen atoms in total. The topological polar surface area (TPSA) is 55.4 Å². The van der Waals surface area contributed by atoms with Crippen molar-refractivity contribution in [2.75, 3.05) is 5.32 Å². The first-order valence-corrected chi connectivity index (χ1v) is 11.6. The van der Waals surface area contributed by atoms with Gasteiger partial charge in [0, 0.05) is 10.4 Å². The van der Waals surface area contributed by atoms with Gasteiger partial charge in [0.05, 0.1) is 11.7 Å². The highest BCUT2D eigenvalue weighted by atomic mass is 32.1. The molecule has 0 saturated heterocycles. The van der Waals surface area contributed by atoms with Crippen LogP contribution in [0.5, 0.6) is 0 Å². The molecule has 5 heteroatoms. The van der Waals surface area contributed by atoms with Crippen LogP contribution in [0.15, 0.2) is 54.6 Å². The summed E-state index contributed by atoms with van der Waals surface area (Å²) in [6, 6.07) is 17.6. The SMILES string of the molecule is CC1CCc2c(sc(NC(=O)c3ccc(-c4ccccc4)cc3)c2C(=O)OC(C)C)C1. The van der Waals surface area contributed by atoms with Crippen molar-refractivity contribution in [2.45, 2.75) is 46.1 Å². The molecule has 1 aliphatic carbocycles. The molecular formula is C26H27NO3S. The number of thiophene rings is 1. The van der Waals surface area contributed by atoms with Crippen molar-refractivity contribution in [1.29, 1.82) is 0 Å². The molecule has 0 aliphatic heterocycles. The van der Waals surface area contributed by atoms with Crippen LogP contribution in [0.4, 0.5) is 5.00 Å². The molecule has 31 heavy (non-hydrogen) atoms. The van der Waals surface area contributed by atoms with E-state index in [2.05, 4.69) is 12.2 Å². The van der Waals surface area contributed by atoms with Gasteiger partial charge in [0.1, 0.15) is 5.00 Å². The molecule has 1 unspecified atom stereocenters. The summed E-state index contributed by atoms with van der Waals surface area (Å²) < 4.78 is 5.50. The Morgan fingerprint density at radius 2 is 1.71 bits per heavy atom. The van der Waals surface area contributed by atoms with Gasteiger partial charge >= 0.3 is 5.97 Å². The standard InChI is InChI=1S/C26H27NO3S/c1-16(2)30-26(29)23-21-14-9-17(3)15-22(21)31-25(23)27-24(28)20-12-10-19(11-13-20)18-7-5-4-6-8-18/h4-8,10-13,16-17H,9,14-15H2,1-3H3,(H,27,28). The average molecular weight is 434 g/mol. The molecule has 4 rings (SSSR count). The number of esters is 1. The Bertz CT molecular complexity index is 1080. The molecule has 1 N–H and O–H groups in total. The minimum Gasteiger partial charge on any atom is -0.459 e. The van der Waals surface area contributed by atoms with Gasteiger partial charge < -0.3 is 10.1 Å². The second kappa shape index (κ2) is 9.06. The lowest BCUT2D eigenvalue weighted by molar-refractivity contribution is 0.0378. The Labute approximate surface area is 187 Å². The van der Waals surface area contributed by atoms with Gasteiger partial charge in [-0.15, -0.1) is 11.3 Å². The van der Waals surface area contributed by atoms with Crippen LogP contribution in [0.25, 0.3) is 11.1 Å². The zero-order valence-corrected chi connectivity index (χ0v) is 18.9. The van der Waals surface area contributed by atoms with Crippen LogP contribution < -0.4 is 5.32 Å². The molecule has 160 valence electrons. The summed E-state index contributed by atoms with van der Waals surface area (Å²) in [5, 5.41) is 3.59. The third kappa shape index (κ3) is 4.72. The average Bonchev–Trinajstić information content (AvgIpc) is 3.10. The zero-order valence-electron chi connectivity index (χ0n) is 18.1. The maximum absolute atomic E-state index is 13.0. The quantitative estimate of drug-likeness (QED) is 0.477. The first-order chi connectivity index (χ1) is 14.9. The lowest BCUT2D eigenvalue weighted by atomic mass is 9.88. The number of anilines is 1. The first kappa shape index (κ1) is 21.3. The normalized spacial score (nSPS) is 15.4. The van der Waals surface area contributed by atoms with Crippen LogP contribution in [0.1, 0.15) is 58.3 Å². The molecule has 0 bridgehead atoms. The van der Waals surface area contributed by atoms with Crippen LogP contribution in [0.2, 0.25) is 0 Å². The Hall–Kier alpha value is -2.92. The van der Waals surface area contributed by atoms with Gasteiger partial charge in [-0.2, -0.15) is 0 Å². The molecule has 1 heterocycles. The molecule has 1 atom stereocenters. The Balaban J connectivity index is 1.59. The zero-order chi connectivity index (χ0) is 22.0. The molecule has 2 aromatic carbocycles. The highest BCUT2D eigenvalue weighted by molar-refractivity contribution is 7.17. The van der Waals surface area contributed by atoms with Gasteiger partial charge in [0.2, 0.25) is 0 Å². The number of rotatable bonds is 5. The van der Waals surface area contributed by atoms with Crippen molar-refractivity contribution in [3.63, 3.8) is 0 Å². The van der Waals surface area contributed by atoms with Gasteiger partial charge in [0.15, 0.2) is 0 Å². The number of ether oxygens (including phenoxy) is 1. The van der Waals surface area contributed by atoms with Crippen LogP contribution in [0, 0.1) is 5.92 Å². The maximum Gasteiger partial charge on any atom is 0.341 e. The lowest BCUT2D eigenvalue weighted by Crippen LogP contribution is -2.18. The third-order valence-corrected chi connectivity index (χ3v) is 6.71. The number of fused-ring (bicyclic) bond motifs is 1. The number of hydrogen-bond acceptors (Lipinski definition) is 4. The number of nitrogens with one attached hydrogen (secondary N) is 1. The summed E-state index contributed by atoms with van der Waals surface area (Å²) in [6.45, 7) is 5.90. The molecule has 1 aliphatic rings. The number of carbonyl (C=O) groups is 2. The van der Waals surface area contributed by atoms with Crippen molar-refractivity contribution >= 4 is 28.2 Å². The number of benzene rings is 2. The van der Waals surface area contributed by atoms with Crippen molar-refractivity contribution in [3.8, 4) is 11.1 Å². The van der Waals surface area contributed by atoms with Crippen molar-refractivity contribution in [2.24, 2.45) is 5.92 Å². The summed E-state index contributed by atoms with van der Waals surface area (Å²) in [5.74, 6) is 0.0100. The molecule has 3 aromatic rings. The summed E-state index contributed by atoms with van der Waals surface area (Å²) >= 11 is 1.51. The Morgan fingerprint density at radius 1 is 1.03 bits per heavy atom. The van der Waals surface area contributed by atoms with Crippen molar-refractivity contribution in [3.05, 3.63) is 76.2 Å². The fourth-order valence-electron chi connectivity index (χ4n) is 3.95. The smallest absolute Gasteiger partial charge is 0.341 e. The number of amides is 1. The van der Waals surface area contributed by atoms with E-state index in [1.54, 1.807) is 0 Å². The van der Waals surface area contributed by atoms with E-state index < -0.39 is 0 Å². The third-order valence-electron chi connectivity index (χ3n) is 5.54. The molecular weight excluding hydrogens is 406 g/mol. The lowest BCUT2D eigenvalue weighted by Gasteiger charge is -2.18. The molecule has 1 aromatic heterocycles. The van der Waals surface area contributed by atoms with Crippen LogP contribution in [0.3, 0.4) is 0 Å². The molecule has 1 amide bonds. The number of hydrogen-bond donors (Lipinski definition) is 1. The minimum absolute atomic E-state index is 0.209. The number of carbonyl (C=O) groups excluding carboxylic acids is 2. The van der Waals surface area contributed by atoms with Crippen LogP contribution in [-0.2, 0) is 17.6 Å². The predicted molar refractivity (Wildman–Crippen MR) is 126 cm³/mol. The van der Waals surface area contributed by atoms with Gasteiger partial charge in [0.25, 0.3) is 5.91 Å². The van der Waals surface area contributed by atoms with Gasteiger partial charge in [-0.25, -0.2) is 4.79 Å². The summed E-state index contributed by atoms with van der Waals surface area (Å²) in [5.41, 5.74) is 4.30. The largest absolute Gasteiger partial charge is 0.459 e. The van der Waals surface area contributed by atoms with Crippen LogP contribution >= 0.6 is 11.3 Å². The predicted octanol–water partition coefficient (Wildman–Crippen LogP) is 6.36. The van der Waals surface area contributed by atoms with E-state index >= 15 is 0 Å². The Morgan fingerprint density at radius 3 is 2.39 bits per heavy atom. The van der Waals surface area contributed by atoms with E-state index in [1.807, 2.05) is 68.4 Å². The molecule has 0 spiro atoms. The van der Waals surface area contributed by atoms with E-state index in [1.165, 1.54) is 16.2 Å². The molecule has 0 fully saturated rings. The minimum atomic E-state index is -0.350. The van der Waals surface area contributed by atoms with E-state index in [0.717, 1.165) is 36.0 Å². The fourth-order valence-corrected chi connectivity index (χ4v) is 5.34. The van der Waals surface area contributed by atoms with E-state index in [4.69, 9.17) is 4.74 Å². The van der Waals surface area contributed by atoms with Gasteiger partial charge in [-0.3, -0.25) is 4.79 Å². The summed E-state index contributed by atoms with van der Waals surface area (Å²) in [4.78, 5) is 27.0. The fraction of sp³-hybridized carbons (Fsp3) is 0.308. The van der Waals surface area contributed by atoms with Crippen LogP contribution in [-0.4, -0.2) is 18.0 Å². The second-order valence-corrected chi connectivity index (χ2v) is 9.51. The van der Waals surface area contributed by atoms with Crippen molar-refractivity contribution in [1.82, 2.24) is 0 Å². The second-order valence-electron chi connectivity index (χ2n) is 8.41. The highest BCUT2D eigenvalue weighted by Crippen LogP contribution is 2.40. The van der Waals surface area contributed by atoms with Gasteiger partial charge in [-0.05, 0) is 67.9 Å². The van der Waals surface area contributed by atoms with E-state index in [9.17, 15) is 9.59 Å². The highest BCUT2D eigenvalue weighted by Gasteiger charge is 2.29. The summed E-state index contributed by atoms with van der Waals surface area (Å²) in [7, 11) is 0. The first-order valence-electron chi connectivity index (χ1n) is 10.7. The van der Waals surface area contributed by atoms with Crippen molar-refractivity contribution < 1.29 is 14.3 Å². The van der Waals surface area contributed by atoms with Gasteiger partial charge in [-0.1, -0.05) is 49.4 Å². The summed E-state index contributed by atoms with van der Waals surface area (Å²) in [6.07, 6.45) is 2.61. The van der Waals surface area contributed by atoms with E-state index in [0.29, 0.717) is 22.0 Å². The van der Waals surface area contributed by atoms with E-state index in [-0.39, 0.29) is 18.0 Å². The maximum atomic E-state index is 13.0. The monoisotopic (exact) mass is 433 g/mol. The molecule has 0 radical (unpaired) electrons. The molecule has 0 saturated carbocycles.